The number of carbonyl (C=O) groups excluding carboxylic acids is 2. The molecule has 0 unspecified atom stereocenters. The number of hydrogen-bond donors (Lipinski definition) is 0. The molecule has 0 saturated heterocycles. The van der Waals surface area contributed by atoms with E-state index in [1.807, 2.05) is 18.2 Å². The van der Waals surface area contributed by atoms with Gasteiger partial charge in [-0.15, -0.1) is 0 Å². The SMILES string of the molecule is CC(=O)O[C@H]([C@H](C)OC(C)=O)[C@H](C(C)C)[Si](C)(C)c1ccccc1. The molecule has 0 aliphatic carbocycles. The number of ether oxygens (including phenoxy) is 2. The van der Waals surface area contributed by atoms with Crippen molar-refractivity contribution < 1.29 is 19.1 Å². The Bertz CT molecular complexity index is 554. The highest BCUT2D eigenvalue weighted by Crippen LogP contribution is 2.37. The summed E-state index contributed by atoms with van der Waals surface area (Å²) in [5.41, 5.74) is 0.123. The Kier molecular flexibility index (Phi) is 7.20. The fraction of sp³-hybridized carbons (Fsp3) is 0.579. The molecule has 134 valence electrons. The molecule has 1 aromatic rings. The Labute approximate surface area is 146 Å². The van der Waals surface area contributed by atoms with Crippen molar-refractivity contribution in [2.75, 3.05) is 0 Å². The van der Waals surface area contributed by atoms with Crippen molar-refractivity contribution in [1.82, 2.24) is 0 Å². The van der Waals surface area contributed by atoms with Crippen LogP contribution in [-0.2, 0) is 19.1 Å². The second-order valence-electron chi connectivity index (χ2n) is 7.25. The molecular weight excluding hydrogens is 320 g/mol. The van der Waals surface area contributed by atoms with Gasteiger partial charge in [0, 0.05) is 19.4 Å². The lowest BCUT2D eigenvalue weighted by Crippen LogP contribution is -2.55. The van der Waals surface area contributed by atoms with E-state index in [9.17, 15) is 9.59 Å². The first kappa shape index (κ1) is 20.4. The molecule has 0 fully saturated rings. The molecule has 0 aliphatic rings. The summed E-state index contributed by atoms with van der Waals surface area (Å²) in [6, 6.07) is 10.4. The smallest absolute Gasteiger partial charge is 0.303 e. The summed E-state index contributed by atoms with van der Waals surface area (Å²) < 4.78 is 11.0. The van der Waals surface area contributed by atoms with Crippen LogP contribution in [0.25, 0.3) is 0 Å². The predicted octanol–water partition coefficient (Wildman–Crippen LogP) is 3.51. The molecule has 4 nitrogen and oxygen atoms in total. The first-order valence-electron chi connectivity index (χ1n) is 8.47. The maximum Gasteiger partial charge on any atom is 0.303 e. The highest BCUT2D eigenvalue weighted by Gasteiger charge is 2.45. The average molecular weight is 351 g/mol. The van der Waals surface area contributed by atoms with Crippen LogP contribution in [0.4, 0.5) is 0 Å². The van der Waals surface area contributed by atoms with Crippen LogP contribution >= 0.6 is 0 Å². The molecule has 0 amide bonds. The minimum Gasteiger partial charge on any atom is -0.459 e. The molecule has 3 atom stereocenters. The lowest BCUT2D eigenvalue weighted by atomic mass is 10.0. The number of esters is 2. The van der Waals surface area contributed by atoms with E-state index in [0.717, 1.165) is 0 Å². The second kappa shape index (κ2) is 8.47. The zero-order valence-corrected chi connectivity index (χ0v) is 16.8. The molecule has 0 spiro atoms. The van der Waals surface area contributed by atoms with E-state index < -0.39 is 20.3 Å². The van der Waals surface area contributed by atoms with Gasteiger partial charge in [-0.2, -0.15) is 0 Å². The number of carbonyl (C=O) groups is 2. The van der Waals surface area contributed by atoms with Crippen molar-refractivity contribution in [2.45, 2.75) is 65.5 Å². The summed E-state index contributed by atoms with van der Waals surface area (Å²) in [7, 11) is -1.98. The monoisotopic (exact) mass is 350 g/mol. The largest absolute Gasteiger partial charge is 0.459 e. The molecule has 1 rings (SSSR count). The third-order valence-electron chi connectivity index (χ3n) is 4.54. The number of hydrogen-bond acceptors (Lipinski definition) is 4. The topological polar surface area (TPSA) is 52.6 Å². The van der Waals surface area contributed by atoms with Crippen molar-refractivity contribution >= 4 is 25.2 Å². The quantitative estimate of drug-likeness (QED) is 0.558. The molecule has 24 heavy (non-hydrogen) atoms. The molecule has 0 heterocycles. The molecule has 0 bridgehead atoms. The van der Waals surface area contributed by atoms with E-state index in [4.69, 9.17) is 9.47 Å². The first-order valence-corrected chi connectivity index (χ1v) is 11.5. The zero-order valence-electron chi connectivity index (χ0n) is 15.8. The van der Waals surface area contributed by atoms with Crippen LogP contribution in [0.2, 0.25) is 18.6 Å². The fourth-order valence-electron chi connectivity index (χ4n) is 3.67. The van der Waals surface area contributed by atoms with Gasteiger partial charge in [0.2, 0.25) is 0 Å². The van der Waals surface area contributed by atoms with Gasteiger partial charge in [0.05, 0.1) is 8.07 Å². The van der Waals surface area contributed by atoms with Crippen molar-refractivity contribution in [1.29, 1.82) is 0 Å². The van der Waals surface area contributed by atoms with Gasteiger partial charge in [-0.1, -0.05) is 62.5 Å². The van der Waals surface area contributed by atoms with Crippen LogP contribution in [0.15, 0.2) is 30.3 Å². The van der Waals surface area contributed by atoms with Gasteiger partial charge in [0.15, 0.2) is 0 Å². The van der Waals surface area contributed by atoms with E-state index in [1.165, 1.54) is 19.0 Å². The lowest BCUT2D eigenvalue weighted by molar-refractivity contribution is -0.165. The normalized spacial score (nSPS) is 15.5. The molecule has 0 aromatic heterocycles. The summed E-state index contributed by atoms with van der Waals surface area (Å²) in [5, 5.41) is 1.30. The van der Waals surface area contributed by atoms with Crippen molar-refractivity contribution in [3.8, 4) is 0 Å². The van der Waals surface area contributed by atoms with Crippen LogP contribution in [0.3, 0.4) is 0 Å². The van der Waals surface area contributed by atoms with Crippen LogP contribution < -0.4 is 5.19 Å². The molecule has 0 saturated carbocycles. The van der Waals surface area contributed by atoms with Gasteiger partial charge < -0.3 is 9.47 Å². The van der Waals surface area contributed by atoms with Gasteiger partial charge in [-0.3, -0.25) is 9.59 Å². The highest BCUT2D eigenvalue weighted by atomic mass is 28.3. The third kappa shape index (κ3) is 5.19. The van der Waals surface area contributed by atoms with Gasteiger partial charge in [0.25, 0.3) is 0 Å². The highest BCUT2D eigenvalue weighted by molar-refractivity contribution is 6.91. The number of benzene rings is 1. The Morgan fingerprint density at radius 3 is 1.83 bits per heavy atom. The lowest BCUT2D eigenvalue weighted by Gasteiger charge is -2.42. The summed E-state index contributed by atoms with van der Waals surface area (Å²) in [6.07, 6.45) is -0.928. The maximum atomic E-state index is 11.7. The van der Waals surface area contributed by atoms with Crippen LogP contribution in [0.5, 0.6) is 0 Å². The molecule has 0 aliphatic heterocycles. The van der Waals surface area contributed by atoms with E-state index in [0.29, 0.717) is 0 Å². The number of rotatable bonds is 7. The van der Waals surface area contributed by atoms with E-state index >= 15 is 0 Å². The average Bonchev–Trinajstić information content (AvgIpc) is 2.45. The third-order valence-corrected chi connectivity index (χ3v) is 9.02. The van der Waals surface area contributed by atoms with E-state index in [-0.39, 0.29) is 23.4 Å². The minimum absolute atomic E-state index is 0.123. The van der Waals surface area contributed by atoms with Crippen LogP contribution in [0, 0.1) is 5.92 Å². The fourth-order valence-corrected chi connectivity index (χ4v) is 7.93. The predicted molar refractivity (Wildman–Crippen MR) is 98.9 cm³/mol. The van der Waals surface area contributed by atoms with Crippen molar-refractivity contribution in [3.63, 3.8) is 0 Å². The summed E-state index contributed by atoms with van der Waals surface area (Å²) in [6.45, 7) is 13.4. The summed E-state index contributed by atoms with van der Waals surface area (Å²) in [5.74, 6) is -0.418. The van der Waals surface area contributed by atoms with Gasteiger partial charge in [-0.05, 0) is 12.8 Å². The Balaban J connectivity index is 3.29. The van der Waals surface area contributed by atoms with E-state index in [1.54, 1.807) is 6.92 Å². The molecule has 0 radical (unpaired) electrons. The Hall–Kier alpha value is -1.62. The minimum atomic E-state index is -1.98. The standard InChI is InChI=1S/C19H30O4Si/c1-13(2)19(24(6,7)17-11-9-8-10-12-17)18(23-16(5)21)14(3)22-15(4)20/h8-14,18-19H,1-7H3/t14-,18+,19-/m0/s1. The summed E-state index contributed by atoms with van der Waals surface area (Å²) in [4.78, 5) is 23.1. The second-order valence-corrected chi connectivity index (χ2v) is 11.9. The van der Waals surface area contributed by atoms with Crippen LogP contribution in [0.1, 0.15) is 34.6 Å². The summed E-state index contributed by atoms with van der Waals surface area (Å²) >= 11 is 0. The van der Waals surface area contributed by atoms with Gasteiger partial charge >= 0.3 is 11.9 Å². The molecule has 5 heteroatoms. The molecular formula is C19H30O4Si. The molecule has 1 aromatic carbocycles. The van der Waals surface area contributed by atoms with Crippen molar-refractivity contribution in [3.05, 3.63) is 30.3 Å². The van der Waals surface area contributed by atoms with Gasteiger partial charge in [-0.25, -0.2) is 0 Å². The van der Waals surface area contributed by atoms with E-state index in [2.05, 4.69) is 39.1 Å². The Morgan fingerprint density at radius 2 is 1.42 bits per heavy atom. The zero-order chi connectivity index (χ0) is 18.5. The maximum absolute atomic E-state index is 11.7. The molecule has 0 N–H and O–H groups in total. The van der Waals surface area contributed by atoms with Gasteiger partial charge in [0.1, 0.15) is 12.2 Å². The Morgan fingerprint density at radius 1 is 0.917 bits per heavy atom. The van der Waals surface area contributed by atoms with Crippen molar-refractivity contribution in [2.24, 2.45) is 5.92 Å². The first-order chi connectivity index (χ1) is 11.1. The van der Waals surface area contributed by atoms with Crippen LogP contribution in [-0.4, -0.2) is 32.2 Å².